The summed E-state index contributed by atoms with van der Waals surface area (Å²) in [5.41, 5.74) is 3.20. The van der Waals surface area contributed by atoms with E-state index in [1.165, 1.54) is 6.08 Å². The summed E-state index contributed by atoms with van der Waals surface area (Å²) in [7, 11) is 0. The van der Waals surface area contributed by atoms with Gasteiger partial charge in [0, 0.05) is 16.1 Å². The standard InChI is InChI=1S/C21H17ClN4O/c1-14(15-5-3-2-4-6-15)25-21(27)17(12-23)11-18-13-24-26-20(18)16-7-9-19(22)10-8-16/h2-11,13-14H,1H3,(H,24,26)(H,25,27)/b17-11-. The lowest BCUT2D eigenvalue weighted by Crippen LogP contribution is -2.27. The van der Waals surface area contributed by atoms with Gasteiger partial charge in [-0.1, -0.05) is 54.1 Å². The van der Waals surface area contributed by atoms with E-state index in [9.17, 15) is 10.1 Å². The zero-order valence-corrected chi connectivity index (χ0v) is 15.4. The van der Waals surface area contributed by atoms with Gasteiger partial charge in [0.05, 0.1) is 17.9 Å². The molecule has 134 valence electrons. The molecule has 0 spiro atoms. The molecule has 0 saturated heterocycles. The number of carbonyl (C=O) groups excluding carboxylic acids is 1. The van der Waals surface area contributed by atoms with E-state index in [0.29, 0.717) is 16.3 Å². The summed E-state index contributed by atoms with van der Waals surface area (Å²) >= 11 is 5.93. The minimum Gasteiger partial charge on any atom is -0.345 e. The fourth-order valence-electron chi connectivity index (χ4n) is 2.66. The van der Waals surface area contributed by atoms with E-state index in [1.54, 1.807) is 18.3 Å². The Morgan fingerprint density at radius 2 is 1.93 bits per heavy atom. The largest absolute Gasteiger partial charge is 0.345 e. The number of halogens is 1. The number of aromatic amines is 1. The second kappa shape index (κ2) is 8.35. The van der Waals surface area contributed by atoms with Crippen molar-refractivity contribution in [3.05, 3.63) is 82.5 Å². The summed E-state index contributed by atoms with van der Waals surface area (Å²) in [5.74, 6) is -0.433. The van der Waals surface area contributed by atoms with Crippen LogP contribution in [-0.4, -0.2) is 16.1 Å². The molecule has 1 aromatic heterocycles. The van der Waals surface area contributed by atoms with Gasteiger partial charge >= 0.3 is 0 Å². The third-order valence-corrected chi connectivity index (χ3v) is 4.37. The molecule has 0 bridgehead atoms. The lowest BCUT2D eigenvalue weighted by Gasteiger charge is -2.13. The van der Waals surface area contributed by atoms with E-state index in [-0.39, 0.29) is 11.6 Å². The summed E-state index contributed by atoms with van der Waals surface area (Å²) in [6.07, 6.45) is 3.11. The predicted molar refractivity (Wildman–Crippen MR) is 106 cm³/mol. The van der Waals surface area contributed by atoms with Crippen molar-refractivity contribution in [2.45, 2.75) is 13.0 Å². The zero-order valence-electron chi connectivity index (χ0n) is 14.6. The zero-order chi connectivity index (χ0) is 19.2. The van der Waals surface area contributed by atoms with E-state index >= 15 is 0 Å². The van der Waals surface area contributed by atoms with Crippen molar-refractivity contribution in [1.29, 1.82) is 5.26 Å². The number of nitriles is 1. The number of hydrogen-bond acceptors (Lipinski definition) is 3. The number of benzene rings is 2. The Bertz CT molecular complexity index is 1000. The minimum absolute atomic E-state index is 0.00870. The van der Waals surface area contributed by atoms with Gasteiger partial charge in [0.25, 0.3) is 5.91 Å². The first kappa shape index (κ1) is 18.4. The number of aromatic nitrogens is 2. The maximum Gasteiger partial charge on any atom is 0.262 e. The highest BCUT2D eigenvalue weighted by molar-refractivity contribution is 6.30. The van der Waals surface area contributed by atoms with Gasteiger partial charge in [-0.2, -0.15) is 10.4 Å². The van der Waals surface area contributed by atoms with Crippen molar-refractivity contribution in [1.82, 2.24) is 15.5 Å². The van der Waals surface area contributed by atoms with Crippen LogP contribution in [0.25, 0.3) is 17.3 Å². The molecule has 0 saturated carbocycles. The van der Waals surface area contributed by atoms with Crippen molar-refractivity contribution in [3.63, 3.8) is 0 Å². The van der Waals surface area contributed by atoms with E-state index in [2.05, 4.69) is 15.5 Å². The molecule has 2 N–H and O–H groups in total. The fraction of sp³-hybridized carbons (Fsp3) is 0.0952. The molecule has 0 fully saturated rings. The molecule has 1 heterocycles. The first-order chi connectivity index (χ1) is 13.1. The second-order valence-corrected chi connectivity index (χ2v) is 6.42. The third kappa shape index (κ3) is 4.43. The molecule has 2 aromatic carbocycles. The van der Waals surface area contributed by atoms with Crippen molar-refractivity contribution >= 4 is 23.6 Å². The molecule has 27 heavy (non-hydrogen) atoms. The number of amides is 1. The molecule has 1 unspecified atom stereocenters. The number of rotatable bonds is 5. The lowest BCUT2D eigenvalue weighted by molar-refractivity contribution is -0.117. The Morgan fingerprint density at radius 1 is 1.22 bits per heavy atom. The maximum absolute atomic E-state index is 12.5. The molecule has 0 aliphatic heterocycles. The summed E-state index contributed by atoms with van der Waals surface area (Å²) in [5, 5.41) is 19.9. The van der Waals surface area contributed by atoms with Gasteiger partial charge in [-0.15, -0.1) is 0 Å². The Labute approximate surface area is 162 Å². The van der Waals surface area contributed by atoms with Crippen molar-refractivity contribution in [2.24, 2.45) is 0 Å². The smallest absolute Gasteiger partial charge is 0.262 e. The minimum atomic E-state index is -0.433. The molecule has 0 aliphatic rings. The first-order valence-electron chi connectivity index (χ1n) is 8.35. The average molecular weight is 377 g/mol. The number of nitrogens with one attached hydrogen (secondary N) is 2. The Balaban J connectivity index is 1.83. The number of carbonyl (C=O) groups is 1. The molecule has 1 amide bonds. The van der Waals surface area contributed by atoms with Crippen LogP contribution >= 0.6 is 11.6 Å². The average Bonchev–Trinajstić information content (AvgIpc) is 3.15. The highest BCUT2D eigenvalue weighted by Gasteiger charge is 2.15. The quantitative estimate of drug-likeness (QED) is 0.507. The highest BCUT2D eigenvalue weighted by atomic mass is 35.5. The fourth-order valence-corrected chi connectivity index (χ4v) is 2.78. The van der Waals surface area contributed by atoms with Crippen molar-refractivity contribution in [3.8, 4) is 17.3 Å². The van der Waals surface area contributed by atoms with Gasteiger partial charge in [-0.25, -0.2) is 0 Å². The van der Waals surface area contributed by atoms with Crippen molar-refractivity contribution < 1.29 is 4.79 Å². The molecule has 5 nitrogen and oxygen atoms in total. The SMILES string of the molecule is CC(NC(=O)/C(C#N)=C\c1cn[nH]c1-c1ccc(Cl)cc1)c1ccccc1. The summed E-state index contributed by atoms with van der Waals surface area (Å²) in [4.78, 5) is 12.5. The van der Waals surface area contributed by atoms with Crippen LogP contribution in [0.3, 0.4) is 0 Å². The van der Waals surface area contributed by atoms with Gasteiger partial charge in [0.15, 0.2) is 0 Å². The van der Waals surface area contributed by atoms with E-state index in [1.807, 2.05) is 55.5 Å². The Hall–Kier alpha value is -3.36. The summed E-state index contributed by atoms with van der Waals surface area (Å²) in [6.45, 7) is 1.87. The van der Waals surface area contributed by atoms with Crippen LogP contribution < -0.4 is 5.32 Å². The van der Waals surface area contributed by atoms with Gasteiger partial charge in [0.2, 0.25) is 0 Å². The van der Waals surface area contributed by atoms with Gasteiger partial charge in [-0.05, 0) is 30.7 Å². The molecule has 1 atom stereocenters. The van der Waals surface area contributed by atoms with Crippen LogP contribution in [0, 0.1) is 11.3 Å². The lowest BCUT2D eigenvalue weighted by atomic mass is 10.1. The Morgan fingerprint density at radius 3 is 2.59 bits per heavy atom. The molecular weight excluding hydrogens is 360 g/mol. The predicted octanol–water partition coefficient (Wildman–Crippen LogP) is 4.51. The van der Waals surface area contributed by atoms with Gasteiger partial charge in [0.1, 0.15) is 11.6 Å². The molecule has 0 radical (unpaired) electrons. The van der Waals surface area contributed by atoms with Crippen LogP contribution in [0.15, 0.2) is 66.4 Å². The molecule has 3 rings (SSSR count). The molecule has 3 aromatic rings. The number of hydrogen-bond donors (Lipinski definition) is 2. The van der Waals surface area contributed by atoms with Crippen LogP contribution in [-0.2, 0) is 4.79 Å². The first-order valence-corrected chi connectivity index (χ1v) is 8.73. The molecule has 0 aliphatic carbocycles. The monoisotopic (exact) mass is 376 g/mol. The van der Waals surface area contributed by atoms with E-state index in [4.69, 9.17) is 11.6 Å². The normalized spacial score (nSPS) is 12.3. The Kier molecular flexibility index (Phi) is 5.70. The number of H-pyrrole nitrogens is 1. The van der Waals surface area contributed by atoms with Crippen LogP contribution in [0.2, 0.25) is 5.02 Å². The molecule has 6 heteroatoms. The third-order valence-electron chi connectivity index (χ3n) is 4.11. The summed E-state index contributed by atoms with van der Waals surface area (Å²) < 4.78 is 0. The molecular formula is C21H17ClN4O. The maximum atomic E-state index is 12.5. The van der Waals surface area contributed by atoms with Gasteiger partial charge < -0.3 is 5.32 Å². The number of nitrogens with zero attached hydrogens (tertiary/aromatic N) is 2. The van der Waals surface area contributed by atoms with Crippen LogP contribution in [0.5, 0.6) is 0 Å². The second-order valence-electron chi connectivity index (χ2n) is 5.98. The van der Waals surface area contributed by atoms with E-state index in [0.717, 1.165) is 11.1 Å². The van der Waals surface area contributed by atoms with Crippen LogP contribution in [0.1, 0.15) is 24.1 Å². The summed E-state index contributed by atoms with van der Waals surface area (Å²) in [6, 6.07) is 18.6. The van der Waals surface area contributed by atoms with Gasteiger partial charge in [-0.3, -0.25) is 9.89 Å². The van der Waals surface area contributed by atoms with E-state index < -0.39 is 5.91 Å². The topological polar surface area (TPSA) is 81.6 Å². The van der Waals surface area contributed by atoms with Crippen LogP contribution in [0.4, 0.5) is 0 Å². The highest BCUT2D eigenvalue weighted by Crippen LogP contribution is 2.24. The van der Waals surface area contributed by atoms with Crippen molar-refractivity contribution in [2.75, 3.05) is 0 Å².